The number of hydrogen-bond donors (Lipinski definition) is 1. The predicted molar refractivity (Wildman–Crippen MR) is 116 cm³/mol. The first-order valence-electron chi connectivity index (χ1n) is 12.0. The maximum atomic E-state index is 13.5. The van der Waals surface area contributed by atoms with E-state index in [2.05, 4.69) is 4.74 Å². The highest BCUT2D eigenvalue weighted by atomic mass is 32.2. The quantitative estimate of drug-likeness (QED) is 0.151. The molecule has 0 aromatic carbocycles. The molecular formula is C22H30F2O12S. The molecule has 0 spiro atoms. The number of esters is 4. The lowest BCUT2D eigenvalue weighted by molar-refractivity contribution is -0.190. The molecule has 210 valence electrons. The summed E-state index contributed by atoms with van der Waals surface area (Å²) in [6.07, 6.45) is -4.86. The van der Waals surface area contributed by atoms with Crippen LogP contribution in [-0.2, 0) is 53.0 Å². The first-order valence-corrected chi connectivity index (χ1v) is 13.4. The Kier molecular flexibility index (Phi) is 8.79. The van der Waals surface area contributed by atoms with Gasteiger partial charge in [-0.25, -0.2) is 0 Å². The van der Waals surface area contributed by atoms with Gasteiger partial charge in [-0.15, -0.1) is 0 Å². The van der Waals surface area contributed by atoms with Crippen molar-refractivity contribution >= 4 is 34.0 Å². The Morgan fingerprint density at radius 1 is 1.14 bits per heavy atom. The Bertz CT molecular complexity index is 1020. The van der Waals surface area contributed by atoms with Crippen LogP contribution in [0.1, 0.15) is 52.9 Å². The SMILES string of the molecule is CCCOC(CC)OC(=O)C1C2CC3C(OC(=O)C31)C2OC(=O)CCC(=O)OC(C)C(F)(F)S(=O)(=O)O. The van der Waals surface area contributed by atoms with Gasteiger partial charge in [-0.05, 0) is 19.8 Å². The van der Waals surface area contributed by atoms with Crippen molar-refractivity contribution in [3.63, 3.8) is 0 Å². The van der Waals surface area contributed by atoms with Crippen molar-refractivity contribution in [1.82, 2.24) is 0 Å². The number of ether oxygens (including phenoxy) is 5. The Balaban J connectivity index is 1.58. The number of hydrogen-bond acceptors (Lipinski definition) is 11. The van der Waals surface area contributed by atoms with Gasteiger partial charge in [0, 0.05) is 18.3 Å². The molecule has 15 heteroatoms. The van der Waals surface area contributed by atoms with Crippen LogP contribution in [0.2, 0.25) is 0 Å². The molecule has 1 aliphatic heterocycles. The van der Waals surface area contributed by atoms with E-state index in [1.54, 1.807) is 6.92 Å². The van der Waals surface area contributed by atoms with Crippen LogP contribution in [0.25, 0.3) is 0 Å². The van der Waals surface area contributed by atoms with E-state index in [1.807, 2.05) is 6.92 Å². The van der Waals surface area contributed by atoms with Gasteiger partial charge in [-0.3, -0.25) is 23.7 Å². The zero-order valence-corrected chi connectivity index (χ0v) is 21.3. The normalized spacial score (nSPS) is 29.9. The lowest BCUT2D eigenvalue weighted by atomic mass is 9.78. The zero-order valence-electron chi connectivity index (χ0n) is 20.5. The van der Waals surface area contributed by atoms with Crippen LogP contribution >= 0.6 is 0 Å². The van der Waals surface area contributed by atoms with E-state index < -0.39 is 94.4 Å². The molecule has 0 aromatic rings. The van der Waals surface area contributed by atoms with E-state index in [0.29, 0.717) is 32.8 Å². The van der Waals surface area contributed by atoms with Crippen molar-refractivity contribution in [3.05, 3.63) is 0 Å². The Hall–Kier alpha value is -2.39. The number of alkyl halides is 2. The summed E-state index contributed by atoms with van der Waals surface area (Å²) in [6.45, 7) is 4.62. The van der Waals surface area contributed by atoms with Gasteiger partial charge in [-0.1, -0.05) is 13.8 Å². The Labute approximate surface area is 212 Å². The summed E-state index contributed by atoms with van der Waals surface area (Å²) in [6, 6.07) is 0. The molecule has 0 radical (unpaired) electrons. The smallest absolute Gasteiger partial charge is 0.405 e. The molecule has 37 heavy (non-hydrogen) atoms. The summed E-state index contributed by atoms with van der Waals surface area (Å²) in [5.41, 5.74) is 0. The minimum atomic E-state index is -5.82. The number of rotatable bonds is 13. The highest BCUT2D eigenvalue weighted by Gasteiger charge is 2.70. The molecule has 8 unspecified atom stereocenters. The van der Waals surface area contributed by atoms with Gasteiger partial charge in [0.1, 0.15) is 12.2 Å². The van der Waals surface area contributed by atoms with Crippen molar-refractivity contribution in [3.8, 4) is 0 Å². The van der Waals surface area contributed by atoms with Gasteiger partial charge in [0.2, 0.25) is 6.29 Å². The maximum absolute atomic E-state index is 13.5. The summed E-state index contributed by atoms with van der Waals surface area (Å²) >= 11 is 0. The van der Waals surface area contributed by atoms with Crippen molar-refractivity contribution in [1.29, 1.82) is 0 Å². The van der Waals surface area contributed by atoms with Crippen molar-refractivity contribution in [2.45, 2.75) is 82.7 Å². The average Bonchev–Trinajstić information content (AvgIpc) is 3.43. The van der Waals surface area contributed by atoms with E-state index >= 15 is 0 Å². The van der Waals surface area contributed by atoms with Gasteiger partial charge < -0.3 is 23.7 Å². The fraction of sp³-hybridized carbons (Fsp3) is 0.818. The van der Waals surface area contributed by atoms with Crippen molar-refractivity contribution in [2.75, 3.05) is 6.61 Å². The lowest BCUT2D eigenvalue weighted by Gasteiger charge is -2.31. The molecule has 3 rings (SSSR count). The van der Waals surface area contributed by atoms with Crippen LogP contribution in [0.3, 0.4) is 0 Å². The third-order valence-electron chi connectivity index (χ3n) is 6.83. The number of carbonyl (C=O) groups excluding carboxylic acids is 4. The molecule has 1 N–H and O–H groups in total. The van der Waals surface area contributed by atoms with E-state index in [9.17, 15) is 36.4 Å². The van der Waals surface area contributed by atoms with Gasteiger partial charge in [0.25, 0.3) is 0 Å². The molecule has 12 nitrogen and oxygen atoms in total. The van der Waals surface area contributed by atoms with Gasteiger partial charge in [0.15, 0.2) is 6.10 Å². The van der Waals surface area contributed by atoms with Crippen LogP contribution in [0.5, 0.6) is 0 Å². The summed E-state index contributed by atoms with van der Waals surface area (Å²) in [5.74, 6) is -6.04. The summed E-state index contributed by atoms with van der Waals surface area (Å²) in [5, 5.41) is -4.74. The maximum Gasteiger partial charge on any atom is 0.405 e. The van der Waals surface area contributed by atoms with Crippen LogP contribution in [-0.4, -0.2) is 73.3 Å². The van der Waals surface area contributed by atoms with Crippen molar-refractivity contribution < 1.29 is 64.6 Å². The van der Waals surface area contributed by atoms with Crippen LogP contribution in [0, 0.1) is 23.7 Å². The van der Waals surface area contributed by atoms with Gasteiger partial charge >= 0.3 is 39.2 Å². The molecule has 0 aromatic heterocycles. The minimum absolute atomic E-state index is 0.349. The fourth-order valence-corrected chi connectivity index (χ4v) is 5.58. The number of halogens is 2. The number of carbonyl (C=O) groups is 4. The summed E-state index contributed by atoms with van der Waals surface area (Å²) in [4.78, 5) is 49.7. The van der Waals surface area contributed by atoms with E-state index in [4.69, 9.17) is 23.5 Å². The lowest BCUT2D eigenvalue weighted by Crippen LogP contribution is -2.44. The van der Waals surface area contributed by atoms with Crippen LogP contribution < -0.4 is 0 Å². The summed E-state index contributed by atoms with van der Waals surface area (Å²) in [7, 11) is -5.82. The van der Waals surface area contributed by atoms with E-state index in [-0.39, 0.29) is 5.92 Å². The molecule has 2 aliphatic carbocycles. The predicted octanol–water partition coefficient (Wildman–Crippen LogP) is 1.60. The Morgan fingerprint density at radius 2 is 1.78 bits per heavy atom. The summed E-state index contributed by atoms with van der Waals surface area (Å²) < 4.78 is 83.2. The molecule has 8 atom stereocenters. The highest BCUT2D eigenvalue weighted by Crippen LogP contribution is 2.59. The fourth-order valence-electron chi connectivity index (χ4n) is 5.11. The highest BCUT2D eigenvalue weighted by molar-refractivity contribution is 7.86. The molecule has 0 amide bonds. The molecular weight excluding hydrogens is 526 g/mol. The van der Waals surface area contributed by atoms with E-state index in [1.165, 1.54) is 0 Å². The topological polar surface area (TPSA) is 169 Å². The van der Waals surface area contributed by atoms with Crippen molar-refractivity contribution in [2.24, 2.45) is 23.7 Å². The minimum Gasteiger partial charge on any atom is -0.458 e. The molecule has 3 fully saturated rings. The van der Waals surface area contributed by atoms with Crippen LogP contribution in [0.15, 0.2) is 0 Å². The second-order valence-electron chi connectivity index (χ2n) is 9.29. The second kappa shape index (κ2) is 11.2. The molecule has 2 saturated carbocycles. The standard InChI is InChI=1S/C22H30F2O12S/c1-4-8-32-15(5-2)35-20(27)16-11-9-12-17(16)21(28)36-19(12)18(11)34-14(26)7-6-13(25)33-10(3)22(23,24)37(29,30)31/h10-12,15-19H,4-9H2,1-3H3,(H,29,30,31). The Morgan fingerprint density at radius 3 is 2.38 bits per heavy atom. The van der Waals surface area contributed by atoms with Crippen LogP contribution in [0.4, 0.5) is 8.78 Å². The first kappa shape index (κ1) is 29.2. The van der Waals surface area contributed by atoms with Gasteiger partial charge in [-0.2, -0.15) is 17.2 Å². The molecule has 1 heterocycles. The molecule has 1 saturated heterocycles. The number of fused-ring (bicyclic) bond motifs is 1. The zero-order chi connectivity index (χ0) is 27.7. The molecule has 3 aliphatic rings. The second-order valence-corrected chi connectivity index (χ2v) is 10.8. The first-order chi connectivity index (χ1) is 17.2. The largest absolute Gasteiger partial charge is 0.458 e. The van der Waals surface area contributed by atoms with Gasteiger partial charge in [0.05, 0.1) is 31.3 Å². The monoisotopic (exact) mass is 556 g/mol. The third kappa shape index (κ3) is 5.87. The molecule has 2 bridgehead atoms. The third-order valence-corrected chi connectivity index (χ3v) is 7.85. The average molecular weight is 557 g/mol. The van der Waals surface area contributed by atoms with E-state index in [0.717, 1.165) is 0 Å².